The van der Waals surface area contributed by atoms with Gasteiger partial charge in [-0.25, -0.2) is 9.37 Å². The number of hydrogen-bond donors (Lipinski definition) is 1. The molecule has 0 saturated heterocycles. The lowest BCUT2D eigenvalue weighted by molar-refractivity contribution is -0.113. The van der Waals surface area contributed by atoms with Crippen molar-refractivity contribution in [2.75, 3.05) is 11.1 Å². The van der Waals surface area contributed by atoms with Crippen molar-refractivity contribution in [1.29, 1.82) is 5.26 Å². The predicted octanol–water partition coefficient (Wildman–Crippen LogP) is 4.62. The van der Waals surface area contributed by atoms with Gasteiger partial charge in [-0.2, -0.15) is 5.26 Å². The number of nitrogens with one attached hydrogen (secondary N) is 1. The van der Waals surface area contributed by atoms with E-state index in [4.69, 9.17) is 5.26 Å². The summed E-state index contributed by atoms with van der Waals surface area (Å²) in [4.78, 5) is 17.2. The van der Waals surface area contributed by atoms with Crippen LogP contribution in [0.5, 0.6) is 0 Å². The lowest BCUT2D eigenvalue weighted by atomic mass is 10.1. The highest BCUT2D eigenvalue weighted by Gasteiger charge is 2.08. The monoisotopic (exact) mass is 397 g/mol. The summed E-state index contributed by atoms with van der Waals surface area (Å²) in [6.45, 7) is 0. The maximum Gasteiger partial charge on any atom is 0.236 e. The third kappa shape index (κ3) is 5.91. The lowest BCUT2D eigenvalue weighted by Crippen LogP contribution is -2.13. The van der Waals surface area contributed by atoms with Gasteiger partial charge in [0, 0.05) is 23.2 Å². The molecule has 1 aromatic heterocycles. The Balaban J connectivity index is 1.45. The minimum atomic E-state index is -0.259. The van der Waals surface area contributed by atoms with Crippen LogP contribution in [0.25, 0.3) is 0 Å². The summed E-state index contributed by atoms with van der Waals surface area (Å²) < 4.78 is 13.2. The number of thioether (sulfide) groups is 1. The first kappa shape index (κ1) is 19.1. The molecule has 0 bridgehead atoms. The molecule has 1 heterocycles. The van der Waals surface area contributed by atoms with Crippen LogP contribution in [0, 0.1) is 17.1 Å². The minimum Gasteiger partial charge on any atom is -0.301 e. The molecule has 0 aliphatic rings. The number of nitrogens with zero attached hydrogens (tertiary/aromatic N) is 2. The SMILES string of the molecule is N#Cc1ccc(CSCC(=O)Nc2ncc(Cc3cccc(F)c3)s2)cc1. The number of hydrogen-bond acceptors (Lipinski definition) is 5. The number of benzene rings is 2. The Labute approximate surface area is 165 Å². The number of thiazole rings is 1. The summed E-state index contributed by atoms with van der Waals surface area (Å²) in [5.41, 5.74) is 2.56. The van der Waals surface area contributed by atoms with E-state index in [1.165, 1.54) is 35.2 Å². The van der Waals surface area contributed by atoms with E-state index in [9.17, 15) is 9.18 Å². The van der Waals surface area contributed by atoms with E-state index in [0.29, 0.717) is 28.6 Å². The van der Waals surface area contributed by atoms with Gasteiger partial charge in [0.15, 0.2) is 5.13 Å². The van der Waals surface area contributed by atoms with Crippen molar-refractivity contribution in [1.82, 2.24) is 4.98 Å². The van der Waals surface area contributed by atoms with E-state index in [2.05, 4.69) is 16.4 Å². The Morgan fingerprint density at radius 1 is 1.22 bits per heavy atom. The number of carbonyl (C=O) groups is 1. The Morgan fingerprint density at radius 3 is 2.78 bits per heavy atom. The molecule has 0 aliphatic carbocycles. The molecule has 1 N–H and O–H groups in total. The molecular weight excluding hydrogens is 381 g/mol. The molecule has 27 heavy (non-hydrogen) atoms. The van der Waals surface area contributed by atoms with Crippen molar-refractivity contribution in [3.8, 4) is 6.07 Å². The first-order valence-corrected chi connectivity index (χ1v) is 10.2. The summed E-state index contributed by atoms with van der Waals surface area (Å²) in [6.07, 6.45) is 2.29. The predicted molar refractivity (Wildman–Crippen MR) is 107 cm³/mol. The van der Waals surface area contributed by atoms with E-state index in [1.807, 2.05) is 18.2 Å². The van der Waals surface area contributed by atoms with Crippen molar-refractivity contribution in [2.45, 2.75) is 12.2 Å². The van der Waals surface area contributed by atoms with Gasteiger partial charge in [-0.1, -0.05) is 24.3 Å². The highest BCUT2D eigenvalue weighted by atomic mass is 32.2. The summed E-state index contributed by atoms with van der Waals surface area (Å²) in [5, 5.41) is 12.1. The molecular formula is C20H16FN3OS2. The first-order valence-electron chi connectivity index (χ1n) is 8.18. The van der Waals surface area contributed by atoms with Gasteiger partial charge >= 0.3 is 0 Å². The quantitative estimate of drug-likeness (QED) is 0.632. The highest BCUT2D eigenvalue weighted by molar-refractivity contribution is 7.99. The van der Waals surface area contributed by atoms with Gasteiger partial charge in [0.2, 0.25) is 5.91 Å². The zero-order valence-corrected chi connectivity index (χ0v) is 15.9. The van der Waals surface area contributed by atoms with Gasteiger partial charge in [-0.05, 0) is 35.4 Å². The number of amides is 1. The smallest absolute Gasteiger partial charge is 0.236 e. The van der Waals surface area contributed by atoms with Crippen molar-refractivity contribution in [2.24, 2.45) is 0 Å². The molecule has 2 aromatic carbocycles. The van der Waals surface area contributed by atoms with Crippen molar-refractivity contribution in [3.63, 3.8) is 0 Å². The zero-order valence-electron chi connectivity index (χ0n) is 14.3. The van der Waals surface area contributed by atoms with Crippen LogP contribution >= 0.6 is 23.1 Å². The highest BCUT2D eigenvalue weighted by Crippen LogP contribution is 2.22. The van der Waals surface area contributed by atoms with Gasteiger partial charge in [0.05, 0.1) is 17.4 Å². The molecule has 0 fully saturated rings. The Bertz CT molecular complexity index is 964. The zero-order chi connectivity index (χ0) is 19.1. The molecule has 7 heteroatoms. The van der Waals surface area contributed by atoms with Crippen molar-refractivity contribution < 1.29 is 9.18 Å². The third-order valence-corrected chi connectivity index (χ3v) is 5.57. The topological polar surface area (TPSA) is 65.8 Å². The molecule has 0 aliphatic heterocycles. The second-order valence-corrected chi connectivity index (χ2v) is 7.89. The van der Waals surface area contributed by atoms with Gasteiger partial charge in [0.1, 0.15) is 5.82 Å². The standard InChI is InChI=1S/C20H16FN3OS2/c21-17-3-1-2-16(8-17)9-18-11-23-20(27-18)24-19(25)13-26-12-15-6-4-14(10-22)5-7-15/h1-8,11H,9,12-13H2,(H,23,24,25). The van der Waals surface area contributed by atoms with E-state index < -0.39 is 0 Å². The molecule has 3 aromatic rings. The van der Waals surface area contributed by atoms with Crippen LogP contribution in [0.2, 0.25) is 0 Å². The fraction of sp³-hybridized carbons (Fsp3) is 0.150. The average Bonchev–Trinajstić information content (AvgIpc) is 3.09. The minimum absolute atomic E-state index is 0.111. The fourth-order valence-corrected chi connectivity index (χ4v) is 4.04. The van der Waals surface area contributed by atoms with Gasteiger partial charge < -0.3 is 5.32 Å². The molecule has 4 nitrogen and oxygen atoms in total. The normalized spacial score (nSPS) is 10.4. The third-order valence-electron chi connectivity index (χ3n) is 3.65. The van der Waals surface area contributed by atoms with E-state index in [-0.39, 0.29) is 11.7 Å². The van der Waals surface area contributed by atoms with Crippen LogP contribution in [0.15, 0.2) is 54.7 Å². The maximum atomic E-state index is 13.2. The maximum absolute atomic E-state index is 13.2. The molecule has 0 radical (unpaired) electrons. The van der Waals surface area contributed by atoms with E-state index >= 15 is 0 Å². The molecule has 0 unspecified atom stereocenters. The molecule has 3 rings (SSSR count). The molecule has 0 spiro atoms. The van der Waals surface area contributed by atoms with Gasteiger partial charge in [-0.3, -0.25) is 4.79 Å². The average molecular weight is 398 g/mol. The molecule has 0 atom stereocenters. The van der Waals surface area contributed by atoms with Crippen LogP contribution < -0.4 is 5.32 Å². The number of carbonyl (C=O) groups excluding carboxylic acids is 1. The van der Waals surface area contributed by atoms with Gasteiger partial charge in [-0.15, -0.1) is 23.1 Å². The van der Waals surface area contributed by atoms with Crippen LogP contribution in [-0.4, -0.2) is 16.6 Å². The lowest BCUT2D eigenvalue weighted by Gasteiger charge is -2.03. The number of rotatable bonds is 7. The number of nitriles is 1. The van der Waals surface area contributed by atoms with Gasteiger partial charge in [0.25, 0.3) is 0 Å². The molecule has 136 valence electrons. The number of halogens is 1. The summed E-state index contributed by atoms with van der Waals surface area (Å²) >= 11 is 2.89. The molecule has 1 amide bonds. The molecule has 0 saturated carbocycles. The van der Waals surface area contributed by atoms with Crippen LogP contribution in [-0.2, 0) is 17.0 Å². The van der Waals surface area contributed by atoms with Crippen LogP contribution in [0.1, 0.15) is 21.6 Å². The Kier molecular flexibility index (Phi) is 6.58. The second-order valence-electron chi connectivity index (χ2n) is 5.79. The second kappa shape index (κ2) is 9.31. The fourth-order valence-electron chi connectivity index (χ4n) is 2.39. The first-order chi connectivity index (χ1) is 13.1. The Hall–Kier alpha value is -2.69. The number of anilines is 1. The summed E-state index contributed by atoms with van der Waals surface area (Å²) in [6, 6.07) is 15.9. The van der Waals surface area contributed by atoms with Crippen LogP contribution in [0.4, 0.5) is 9.52 Å². The summed E-state index contributed by atoms with van der Waals surface area (Å²) in [7, 11) is 0. The van der Waals surface area contributed by atoms with Crippen molar-refractivity contribution in [3.05, 3.63) is 82.1 Å². The van der Waals surface area contributed by atoms with Crippen LogP contribution in [0.3, 0.4) is 0 Å². The Morgan fingerprint density at radius 2 is 2.04 bits per heavy atom. The van der Waals surface area contributed by atoms with Crippen molar-refractivity contribution >= 4 is 34.1 Å². The summed E-state index contributed by atoms with van der Waals surface area (Å²) in [5.74, 6) is 0.644. The number of aromatic nitrogens is 1. The largest absolute Gasteiger partial charge is 0.301 e. The van der Waals surface area contributed by atoms with E-state index in [0.717, 1.165) is 16.0 Å². The van der Waals surface area contributed by atoms with E-state index in [1.54, 1.807) is 24.4 Å².